The SMILES string of the molecule is CCN(CCc1ccccc1OCc1ccccc1)c1ccc(C(=O)O)cc1.CCOC(=O)c1ccc(N(CC)CCc2ccccc2OCc2ccccc2)cc1. The lowest BCUT2D eigenvalue weighted by molar-refractivity contribution is 0.0525. The van der Waals surface area contributed by atoms with Gasteiger partial charge in [0, 0.05) is 37.6 Å². The molecule has 0 aliphatic heterocycles. The van der Waals surface area contributed by atoms with E-state index in [0.29, 0.717) is 30.9 Å². The number of para-hydroxylation sites is 2. The fraction of sp³-hybridized carbons (Fsp3) is 0.240. The lowest BCUT2D eigenvalue weighted by Crippen LogP contribution is -2.25. The molecule has 1 N–H and O–H groups in total. The molecule has 0 aromatic heterocycles. The molecule has 0 saturated heterocycles. The van der Waals surface area contributed by atoms with E-state index in [2.05, 4.69) is 66.1 Å². The van der Waals surface area contributed by atoms with Gasteiger partial charge < -0.3 is 29.1 Å². The molecule has 0 atom stereocenters. The number of likely N-dealkylation sites (N-methyl/N-ethyl adjacent to an activating group) is 2. The molecule has 0 fully saturated rings. The van der Waals surface area contributed by atoms with Gasteiger partial charge in [0.05, 0.1) is 17.7 Å². The van der Waals surface area contributed by atoms with Gasteiger partial charge in [-0.25, -0.2) is 9.59 Å². The van der Waals surface area contributed by atoms with Crippen molar-refractivity contribution < 1.29 is 28.9 Å². The first-order valence-corrected chi connectivity index (χ1v) is 20.0. The summed E-state index contributed by atoms with van der Waals surface area (Å²) in [6.07, 6.45) is 1.72. The molecule has 0 unspecified atom stereocenters. The zero-order valence-electron chi connectivity index (χ0n) is 33.8. The van der Waals surface area contributed by atoms with E-state index < -0.39 is 5.97 Å². The first-order chi connectivity index (χ1) is 28.4. The number of aromatic carboxylic acids is 1. The molecule has 0 amide bonds. The average Bonchev–Trinajstić information content (AvgIpc) is 3.27. The van der Waals surface area contributed by atoms with E-state index in [4.69, 9.17) is 19.3 Å². The Bertz CT molecular complexity index is 2120. The van der Waals surface area contributed by atoms with Crippen molar-refractivity contribution in [1.82, 2.24) is 0 Å². The van der Waals surface area contributed by atoms with Gasteiger partial charge in [0.15, 0.2) is 0 Å². The number of anilines is 2. The van der Waals surface area contributed by atoms with Crippen LogP contribution in [0.1, 0.15) is 63.7 Å². The number of nitrogens with zero attached hydrogens (tertiary/aromatic N) is 2. The van der Waals surface area contributed by atoms with Crippen molar-refractivity contribution in [2.45, 2.75) is 46.8 Å². The predicted molar refractivity (Wildman–Crippen MR) is 233 cm³/mol. The fourth-order valence-electron chi connectivity index (χ4n) is 6.46. The van der Waals surface area contributed by atoms with Crippen LogP contribution in [0.4, 0.5) is 11.4 Å². The summed E-state index contributed by atoms with van der Waals surface area (Å²) >= 11 is 0. The van der Waals surface area contributed by atoms with Crippen molar-refractivity contribution >= 4 is 23.3 Å². The van der Waals surface area contributed by atoms with Crippen LogP contribution in [0.25, 0.3) is 0 Å². The third-order valence-electron chi connectivity index (χ3n) is 9.71. The molecule has 0 saturated carbocycles. The van der Waals surface area contributed by atoms with Gasteiger partial charge in [-0.05, 0) is 117 Å². The minimum Gasteiger partial charge on any atom is -0.489 e. The number of carboxylic acids is 1. The maximum absolute atomic E-state index is 11.9. The number of ether oxygens (including phenoxy) is 3. The third kappa shape index (κ3) is 13.0. The average molecular weight is 779 g/mol. The first-order valence-electron chi connectivity index (χ1n) is 20.0. The Morgan fingerprint density at radius 2 is 0.897 bits per heavy atom. The highest BCUT2D eigenvalue weighted by Gasteiger charge is 2.12. The van der Waals surface area contributed by atoms with Crippen LogP contribution in [0.15, 0.2) is 158 Å². The van der Waals surface area contributed by atoms with Gasteiger partial charge in [0.1, 0.15) is 24.7 Å². The maximum atomic E-state index is 11.9. The number of benzene rings is 6. The molecule has 6 rings (SSSR count). The standard InChI is InChI=1S/C26H29NO3.C24H25NO3/c1-3-27(24-16-14-23(15-17-24)26(28)29-4-2)19-18-22-12-8-9-13-25(22)30-20-21-10-6-5-7-11-21;1-2-25(22-14-12-21(13-15-22)24(26)27)17-16-20-10-6-7-11-23(20)28-18-19-8-4-3-5-9-19/h5-17H,3-4,18-20H2,1-2H3;3-15H,2,16-18H2,1H3,(H,26,27). The van der Waals surface area contributed by atoms with Crippen molar-refractivity contribution in [3.05, 3.63) is 191 Å². The highest BCUT2D eigenvalue weighted by molar-refractivity contribution is 5.90. The minimum absolute atomic E-state index is 0.281. The van der Waals surface area contributed by atoms with E-state index in [1.165, 1.54) is 11.1 Å². The van der Waals surface area contributed by atoms with Gasteiger partial charge in [-0.3, -0.25) is 0 Å². The van der Waals surface area contributed by atoms with Crippen molar-refractivity contribution in [2.75, 3.05) is 42.6 Å². The summed E-state index contributed by atoms with van der Waals surface area (Å²) in [6.45, 7) is 11.0. The number of rotatable bonds is 19. The monoisotopic (exact) mass is 778 g/mol. The summed E-state index contributed by atoms with van der Waals surface area (Å²) in [5.41, 5.74) is 7.66. The molecule has 58 heavy (non-hydrogen) atoms. The maximum Gasteiger partial charge on any atom is 0.338 e. The van der Waals surface area contributed by atoms with Crippen LogP contribution < -0.4 is 19.3 Å². The van der Waals surface area contributed by atoms with Gasteiger partial charge in [0.2, 0.25) is 0 Å². The highest BCUT2D eigenvalue weighted by Crippen LogP contribution is 2.24. The molecule has 0 aliphatic carbocycles. The Labute approximate surface area is 343 Å². The van der Waals surface area contributed by atoms with E-state index >= 15 is 0 Å². The summed E-state index contributed by atoms with van der Waals surface area (Å²) in [5.74, 6) is 0.648. The van der Waals surface area contributed by atoms with Crippen LogP contribution in [0.2, 0.25) is 0 Å². The summed E-state index contributed by atoms with van der Waals surface area (Å²) in [7, 11) is 0. The van der Waals surface area contributed by atoms with E-state index in [1.807, 2.05) is 110 Å². The fourth-order valence-corrected chi connectivity index (χ4v) is 6.46. The smallest absolute Gasteiger partial charge is 0.338 e. The second-order valence-corrected chi connectivity index (χ2v) is 13.5. The van der Waals surface area contributed by atoms with Crippen molar-refractivity contribution in [2.24, 2.45) is 0 Å². The van der Waals surface area contributed by atoms with E-state index in [0.717, 1.165) is 73.0 Å². The Hall–Kier alpha value is -6.54. The van der Waals surface area contributed by atoms with Crippen LogP contribution in [0.3, 0.4) is 0 Å². The molecule has 0 bridgehead atoms. The largest absolute Gasteiger partial charge is 0.489 e. The molecule has 6 aromatic rings. The zero-order chi connectivity index (χ0) is 41.0. The van der Waals surface area contributed by atoms with Gasteiger partial charge in [0.25, 0.3) is 0 Å². The second-order valence-electron chi connectivity index (χ2n) is 13.5. The predicted octanol–water partition coefficient (Wildman–Crippen LogP) is 10.5. The van der Waals surface area contributed by atoms with Crippen LogP contribution in [0, 0.1) is 0 Å². The Kier molecular flexibility index (Phi) is 16.8. The molecule has 0 aliphatic rings. The normalized spacial score (nSPS) is 10.5. The lowest BCUT2D eigenvalue weighted by atomic mass is 10.1. The molecule has 8 heteroatoms. The molecule has 8 nitrogen and oxygen atoms in total. The van der Waals surface area contributed by atoms with Crippen LogP contribution >= 0.6 is 0 Å². The van der Waals surface area contributed by atoms with Crippen LogP contribution in [-0.4, -0.2) is 49.8 Å². The highest BCUT2D eigenvalue weighted by atomic mass is 16.5. The van der Waals surface area contributed by atoms with Gasteiger partial charge >= 0.3 is 11.9 Å². The molecular weight excluding hydrogens is 725 g/mol. The lowest BCUT2D eigenvalue weighted by Gasteiger charge is -2.24. The van der Waals surface area contributed by atoms with Gasteiger partial charge in [-0.2, -0.15) is 0 Å². The number of carbonyl (C=O) groups is 2. The third-order valence-corrected chi connectivity index (χ3v) is 9.71. The molecule has 0 heterocycles. The number of carbonyl (C=O) groups excluding carboxylic acids is 1. The van der Waals surface area contributed by atoms with Crippen molar-refractivity contribution in [3.8, 4) is 11.5 Å². The Morgan fingerprint density at radius 1 is 0.500 bits per heavy atom. The molecule has 6 aromatic carbocycles. The van der Waals surface area contributed by atoms with Gasteiger partial charge in [-0.15, -0.1) is 0 Å². The number of esters is 1. The molecular formula is C50H54N2O6. The topological polar surface area (TPSA) is 88.5 Å². The van der Waals surface area contributed by atoms with E-state index in [-0.39, 0.29) is 5.97 Å². The number of carboxylic acid groups (broad SMARTS) is 1. The summed E-state index contributed by atoms with van der Waals surface area (Å²) in [4.78, 5) is 27.4. The summed E-state index contributed by atoms with van der Waals surface area (Å²) < 4.78 is 17.2. The first kappa shape index (κ1) is 42.6. The summed E-state index contributed by atoms with van der Waals surface area (Å²) in [5, 5.41) is 9.06. The summed E-state index contributed by atoms with van der Waals surface area (Å²) in [6, 6.07) is 51.3. The number of hydrogen-bond acceptors (Lipinski definition) is 7. The van der Waals surface area contributed by atoms with Crippen LogP contribution in [-0.2, 0) is 30.8 Å². The molecule has 0 spiro atoms. The molecule has 300 valence electrons. The Morgan fingerprint density at radius 3 is 1.29 bits per heavy atom. The second kappa shape index (κ2) is 22.9. The van der Waals surface area contributed by atoms with Crippen LogP contribution in [0.5, 0.6) is 11.5 Å². The molecule has 0 radical (unpaired) electrons. The van der Waals surface area contributed by atoms with Crippen molar-refractivity contribution in [1.29, 1.82) is 0 Å². The van der Waals surface area contributed by atoms with E-state index in [9.17, 15) is 9.59 Å². The van der Waals surface area contributed by atoms with Gasteiger partial charge in [-0.1, -0.05) is 97.1 Å². The Balaban J connectivity index is 0.000000221. The minimum atomic E-state index is -0.904. The zero-order valence-corrected chi connectivity index (χ0v) is 33.8. The van der Waals surface area contributed by atoms with Crippen molar-refractivity contribution in [3.63, 3.8) is 0 Å². The quantitative estimate of drug-likeness (QED) is 0.0814. The number of hydrogen-bond donors (Lipinski definition) is 1. The van der Waals surface area contributed by atoms with E-state index in [1.54, 1.807) is 12.1 Å².